The molecule has 1 saturated heterocycles. The molecule has 0 radical (unpaired) electrons. The summed E-state index contributed by atoms with van der Waals surface area (Å²) in [5, 5.41) is 3.01. The summed E-state index contributed by atoms with van der Waals surface area (Å²) in [6.07, 6.45) is 2.33. The second-order valence-electron chi connectivity index (χ2n) is 7.55. The highest BCUT2D eigenvalue weighted by Gasteiger charge is 2.23. The minimum atomic E-state index is -3.83. The van der Waals surface area contributed by atoms with Crippen LogP contribution in [-0.4, -0.2) is 59.1 Å². The number of nitrogens with one attached hydrogen (secondary N) is 2. The molecule has 0 aromatic heterocycles. The molecule has 2 N–H and O–H groups in total. The summed E-state index contributed by atoms with van der Waals surface area (Å²) in [7, 11) is -0.359. The van der Waals surface area contributed by atoms with E-state index in [-0.39, 0.29) is 29.1 Å². The van der Waals surface area contributed by atoms with Crippen molar-refractivity contribution in [2.75, 3.05) is 33.8 Å². The van der Waals surface area contributed by atoms with Crippen LogP contribution >= 0.6 is 0 Å². The number of carbonyl (C=O) groups excluding carboxylic acids is 1. The highest BCUT2D eigenvalue weighted by atomic mass is 32.2. The zero-order valence-electron chi connectivity index (χ0n) is 17.4. The van der Waals surface area contributed by atoms with Gasteiger partial charge in [0.05, 0.1) is 7.11 Å². The number of sulfonamides is 1. The van der Waals surface area contributed by atoms with E-state index in [4.69, 9.17) is 4.74 Å². The molecule has 7 nitrogen and oxygen atoms in total. The fourth-order valence-electron chi connectivity index (χ4n) is 3.50. The average Bonchev–Trinajstić information content (AvgIpc) is 2.75. The number of hydrogen-bond acceptors (Lipinski definition) is 5. The van der Waals surface area contributed by atoms with Gasteiger partial charge in [0.2, 0.25) is 10.0 Å². The first-order valence-electron chi connectivity index (χ1n) is 10.1. The van der Waals surface area contributed by atoms with Crippen molar-refractivity contribution in [2.24, 2.45) is 0 Å². The molecule has 1 aliphatic rings. The van der Waals surface area contributed by atoms with E-state index < -0.39 is 10.0 Å². The number of rotatable bonds is 8. The Labute approximate surface area is 178 Å². The van der Waals surface area contributed by atoms with Crippen LogP contribution in [0.1, 0.15) is 28.8 Å². The maximum absolute atomic E-state index is 12.9. The maximum atomic E-state index is 12.9. The molecular weight excluding hydrogens is 402 g/mol. The first-order valence-corrected chi connectivity index (χ1v) is 11.6. The average molecular weight is 432 g/mol. The Morgan fingerprint density at radius 3 is 2.50 bits per heavy atom. The highest BCUT2D eigenvalue weighted by molar-refractivity contribution is 7.89. The zero-order chi connectivity index (χ0) is 21.6. The standard InChI is InChI=1S/C22H29N3O4S/c1-25-14-11-19(12-15-25)24-22(26)18-8-9-20(29-2)21(16-18)30(27,28)23-13-10-17-6-4-3-5-7-17/h3-9,16,19,23H,10-15H2,1-2H3,(H,24,26). The first kappa shape index (κ1) is 22.3. The summed E-state index contributed by atoms with van der Waals surface area (Å²) in [6, 6.07) is 14.2. The van der Waals surface area contributed by atoms with E-state index in [0.29, 0.717) is 12.0 Å². The third-order valence-electron chi connectivity index (χ3n) is 5.32. The molecule has 0 spiro atoms. The lowest BCUT2D eigenvalue weighted by atomic mass is 10.0. The smallest absolute Gasteiger partial charge is 0.251 e. The summed E-state index contributed by atoms with van der Waals surface area (Å²) < 4.78 is 33.6. The van der Waals surface area contributed by atoms with Crippen LogP contribution in [0.5, 0.6) is 5.75 Å². The largest absolute Gasteiger partial charge is 0.495 e. The van der Waals surface area contributed by atoms with Gasteiger partial charge < -0.3 is 15.0 Å². The van der Waals surface area contributed by atoms with Crippen molar-refractivity contribution in [3.63, 3.8) is 0 Å². The van der Waals surface area contributed by atoms with Crippen molar-refractivity contribution in [1.82, 2.24) is 14.9 Å². The molecule has 0 unspecified atom stereocenters. The number of piperidine rings is 1. The molecule has 1 amide bonds. The van der Waals surface area contributed by atoms with Crippen molar-refractivity contribution in [3.05, 3.63) is 59.7 Å². The normalized spacial score (nSPS) is 15.7. The van der Waals surface area contributed by atoms with Gasteiger partial charge in [-0.3, -0.25) is 4.79 Å². The lowest BCUT2D eigenvalue weighted by Crippen LogP contribution is -2.43. The van der Waals surface area contributed by atoms with Crippen molar-refractivity contribution in [2.45, 2.75) is 30.2 Å². The van der Waals surface area contributed by atoms with Crippen LogP contribution in [0.25, 0.3) is 0 Å². The van der Waals surface area contributed by atoms with Gasteiger partial charge >= 0.3 is 0 Å². The molecule has 1 fully saturated rings. The molecular formula is C22H29N3O4S. The quantitative estimate of drug-likeness (QED) is 0.668. The summed E-state index contributed by atoms with van der Waals surface area (Å²) in [5.41, 5.74) is 1.34. The molecule has 162 valence electrons. The Bertz CT molecular complexity index is 956. The van der Waals surface area contributed by atoms with Gasteiger partial charge in [-0.2, -0.15) is 0 Å². The maximum Gasteiger partial charge on any atom is 0.251 e. The summed E-state index contributed by atoms with van der Waals surface area (Å²) >= 11 is 0. The molecule has 1 aliphatic heterocycles. The van der Waals surface area contributed by atoms with E-state index in [1.54, 1.807) is 6.07 Å². The van der Waals surface area contributed by atoms with Crippen molar-refractivity contribution in [1.29, 1.82) is 0 Å². The van der Waals surface area contributed by atoms with Crippen LogP contribution in [0, 0.1) is 0 Å². The molecule has 0 saturated carbocycles. The first-order chi connectivity index (χ1) is 14.4. The van der Waals surface area contributed by atoms with Gasteiger partial charge in [0, 0.05) is 18.2 Å². The van der Waals surface area contributed by atoms with Gasteiger partial charge in [-0.05, 0) is 63.2 Å². The number of nitrogens with zero attached hydrogens (tertiary/aromatic N) is 1. The number of carbonyl (C=O) groups is 1. The second kappa shape index (κ2) is 10.1. The van der Waals surface area contributed by atoms with Crippen LogP contribution in [0.4, 0.5) is 0 Å². The predicted molar refractivity (Wildman–Crippen MR) is 116 cm³/mol. The lowest BCUT2D eigenvalue weighted by molar-refractivity contribution is 0.0916. The molecule has 30 heavy (non-hydrogen) atoms. The highest BCUT2D eigenvalue weighted by Crippen LogP contribution is 2.25. The predicted octanol–water partition coefficient (Wildman–Crippen LogP) is 2.04. The van der Waals surface area contributed by atoms with Gasteiger partial charge in [0.15, 0.2) is 0 Å². The lowest BCUT2D eigenvalue weighted by Gasteiger charge is -2.29. The van der Waals surface area contributed by atoms with Gasteiger partial charge in [0.1, 0.15) is 10.6 Å². The minimum Gasteiger partial charge on any atom is -0.495 e. The van der Waals surface area contributed by atoms with Crippen LogP contribution in [0.15, 0.2) is 53.4 Å². The Morgan fingerprint density at radius 1 is 1.13 bits per heavy atom. The number of methoxy groups -OCH3 is 1. The van der Waals surface area contributed by atoms with E-state index in [2.05, 4.69) is 22.0 Å². The topological polar surface area (TPSA) is 87.7 Å². The van der Waals surface area contributed by atoms with Gasteiger partial charge in [-0.25, -0.2) is 13.1 Å². The third-order valence-corrected chi connectivity index (χ3v) is 6.80. The Morgan fingerprint density at radius 2 is 1.83 bits per heavy atom. The van der Waals surface area contributed by atoms with Crippen molar-refractivity contribution in [3.8, 4) is 5.75 Å². The van der Waals surface area contributed by atoms with Crippen LogP contribution < -0.4 is 14.8 Å². The summed E-state index contributed by atoms with van der Waals surface area (Å²) in [6.45, 7) is 2.11. The van der Waals surface area contributed by atoms with Gasteiger partial charge in [-0.15, -0.1) is 0 Å². The van der Waals surface area contributed by atoms with E-state index >= 15 is 0 Å². The van der Waals surface area contributed by atoms with Crippen molar-refractivity contribution >= 4 is 15.9 Å². The zero-order valence-corrected chi connectivity index (χ0v) is 18.2. The Hall–Kier alpha value is -2.42. The second-order valence-corrected chi connectivity index (χ2v) is 9.29. The van der Waals surface area contributed by atoms with Crippen LogP contribution in [-0.2, 0) is 16.4 Å². The Balaban J connectivity index is 1.70. The molecule has 2 aromatic carbocycles. The third kappa shape index (κ3) is 5.81. The number of hydrogen-bond donors (Lipinski definition) is 2. The SMILES string of the molecule is COc1ccc(C(=O)NC2CCN(C)CC2)cc1S(=O)(=O)NCCc1ccccc1. The van der Waals surface area contributed by atoms with E-state index in [9.17, 15) is 13.2 Å². The Kier molecular flexibility index (Phi) is 7.47. The molecule has 1 heterocycles. The molecule has 8 heteroatoms. The monoisotopic (exact) mass is 431 g/mol. The minimum absolute atomic E-state index is 0.0333. The fourth-order valence-corrected chi connectivity index (χ4v) is 4.73. The van der Waals surface area contributed by atoms with Crippen LogP contribution in [0.2, 0.25) is 0 Å². The van der Waals surface area contributed by atoms with E-state index in [1.807, 2.05) is 30.3 Å². The van der Waals surface area contributed by atoms with Gasteiger partial charge in [-0.1, -0.05) is 30.3 Å². The number of benzene rings is 2. The fraction of sp³-hybridized carbons (Fsp3) is 0.409. The molecule has 0 bridgehead atoms. The van der Waals surface area contributed by atoms with E-state index in [1.165, 1.54) is 19.2 Å². The number of likely N-dealkylation sites (tertiary alicyclic amines) is 1. The number of amides is 1. The van der Waals surface area contributed by atoms with Crippen LogP contribution in [0.3, 0.4) is 0 Å². The van der Waals surface area contributed by atoms with Crippen molar-refractivity contribution < 1.29 is 17.9 Å². The molecule has 2 aromatic rings. The molecule has 0 aliphatic carbocycles. The molecule has 3 rings (SSSR count). The van der Waals surface area contributed by atoms with Gasteiger partial charge in [0.25, 0.3) is 5.91 Å². The summed E-state index contributed by atoms with van der Waals surface area (Å²) in [4.78, 5) is 14.9. The van der Waals surface area contributed by atoms with E-state index in [0.717, 1.165) is 31.5 Å². The number of ether oxygens (including phenoxy) is 1. The molecule has 0 atom stereocenters. The summed E-state index contributed by atoms with van der Waals surface area (Å²) in [5.74, 6) is -0.0639.